The number of alkyl halides is 3. The number of hydrogen-bond donors (Lipinski definition) is 2. The predicted octanol–water partition coefficient (Wildman–Crippen LogP) is 5.65. The summed E-state index contributed by atoms with van der Waals surface area (Å²) in [6.45, 7) is 9.37. The maximum atomic E-state index is 14.9. The number of fused-ring (bicyclic) bond motifs is 7. The van der Waals surface area contributed by atoms with E-state index in [1.54, 1.807) is 19.4 Å². The molecule has 0 spiro atoms. The average Bonchev–Trinajstić information content (AvgIpc) is 3.51. The number of pyridine rings is 1. The van der Waals surface area contributed by atoms with Crippen LogP contribution in [-0.2, 0) is 43.2 Å². The van der Waals surface area contributed by atoms with Crippen LogP contribution in [0.2, 0.25) is 0 Å². The van der Waals surface area contributed by atoms with Gasteiger partial charge in [0.05, 0.1) is 61.3 Å². The summed E-state index contributed by atoms with van der Waals surface area (Å²) in [4.78, 5) is 36.7. The molecule has 6 bridgehead atoms. The number of nitrogens with zero attached hydrogens (tertiary/aromatic N) is 5. The van der Waals surface area contributed by atoms with Crippen LogP contribution in [0, 0.1) is 5.41 Å². The summed E-state index contributed by atoms with van der Waals surface area (Å²) in [5.74, 6) is -0.818. The Morgan fingerprint density at radius 1 is 1.07 bits per heavy atom. The van der Waals surface area contributed by atoms with E-state index in [0.717, 1.165) is 42.0 Å². The first-order chi connectivity index (χ1) is 28.2. The molecule has 2 aromatic heterocycles. The minimum absolute atomic E-state index is 0.0159. The Labute approximate surface area is 342 Å². The molecule has 4 atom stereocenters. The van der Waals surface area contributed by atoms with Crippen LogP contribution in [0.15, 0.2) is 54.7 Å². The van der Waals surface area contributed by atoms with E-state index in [1.807, 2.05) is 63.2 Å². The van der Waals surface area contributed by atoms with Gasteiger partial charge in [0.1, 0.15) is 12.6 Å². The Kier molecular flexibility index (Phi) is 11.5. The molecular weight excluding hydrogens is 764 g/mol. The van der Waals surface area contributed by atoms with Crippen molar-refractivity contribution in [3.63, 3.8) is 0 Å². The van der Waals surface area contributed by atoms with Crippen LogP contribution in [0.25, 0.3) is 33.3 Å². The topological polar surface area (TPSA) is 127 Å². The third kappa shape index (κ3) is 8.71. The molecule has 3 saturated heterocycles. The molecule has 4 aliphatic heterocycles. The van der Waals surface area contributed by atoms with Crippen molar-refractivity contribution in [2.24, 2.45) is 11.1 Å². The van der Waals surface area contributed by atoms with Crippen LogP contribution in [0.1, 0.15) is 56.5 Å². The second-order valence-corrected chi connectivity index (χ2v) is 17.2. The van der Waals surface area contributed by atoms with Crippen molar-refractivity contribution in [3.05, 3.63) is 71.5 Å². The van der Waals surface area contributed by atoms with Crippen molar-refractivity contribution in [2.75, 3.05) is 64.6 Å². The minimum atomic E-state index is -4.56. The number of anilines is 1. The summed E-state index contributed by atoms with van der Waals surface area (Å²) in [7, 11) is 1.57. The molecule has 3 N–H and O–H groups in total. The van der Waals surface area contributed by atoms with Crippen molar-refractivity contribution in [3.8, 4) is 22.4 Å². The first kappa shape index (κ1) is 41.2. The highest BCUT2D eigenvalue weighted by Crippen LogP contribution is 2.44. The number of amides is 1. The quantitative estimate of drug-likeness (QED) is 0.244. The lowest BCUT2D eigenvalue weighted by Gasteiger charge is -2.44. The molecule has 59 heavy (non-hydrogen) atoms. The van der Waals surface area contributed by atoms with Gasteiger partial charge in [-0.05, 0) is 73.1 Å². The van der Waals surface area contributed by atoms with Crippen LogP contribution in [0.4, 0.5) is 18.9 Å². The van der Waals surface area contributed by atoms with Crippen LogP contribution in [0.5, 0.6) is 0 Å². The lowest BCUT2D eigenvalue weighted by atomic mass is 9.84. The number of piperazine rings is 1. The molecule has 1 amide bonds. The number of hydrogen-bond acceptors (Lipinski definition) is 10. The van der Waals surface area contributed by atoms with E-state index in [0.29, 0.717) is 72.6 Å². The number of carbonyl (C=O) groups is 2. The highest BCUT2D eigenvalue weighted by atomic mass is 19.4. The summed E-state index contributed by atoms with van der Waals surface area (Å²) >= 11 is 0. The van der Waals surface area contributed by atoms with Gasteiger partial charge >= 0.3 is 12.1 Å². The van der Waals surface area contributed by atoms with Gasteiger partial charge in [0.2, 0.25) is 0 Å². The van der Waals surface area contributed by atoms with E-state index in [4.69, 9.17) is 24.9 Å². The van der Waals surface area contributed by atoms with Crippen molar-refractivity contribution >= 4 is 28.5 Å². The number of rotatable bonds is 5. The number of esters is 1. The highest BCUT2D eigenvalue weighted by molar-refractivity contribution is 5.96. The Morgan fingerprint density at radius 3 is 2.68 bits per heavy atom. The van der Waals surface area contributed by atoms with E-state index in [1.165, 1.54) is 9.58 Å². The first-order valence-corrected chi connectivity index (χ1v) is 20.6. The van der Waals surface area contributed by atoms with E-state index in [9.17, 15) is 22.8 Å². The van der Waals surface area contributed by atoms with Crippen LogP contribution < -0.4 is 16.1 Å². The van der Waals surface area contributed by atoms with E-state index in [-0.39, 0.29) is 31.4 Å². The molecule has 15 heteroatoms. The third-order valence-electron chi connectivity index (χ3n) is 12.2. The molecule has 4 aromatic rings. The summed E-state index contributed by atoms with van der Waals surface area (Å²) in [5.41, 5.74) is 14.7. The standard InChI is InChI=1S/C44H54F3N7O5/c1-27(57-4)39-34(20-31(22-49-39)52-14-13-51-15-16-58-24-32(51)23-52)40-35-21-43(2,3)26-59-42(56)37-9-6-12-54(50-37)41(55)36(48)18-28-7-5-8-29(17-28)30-10-11-38(33(35)19-30)53(40)25-44(45,46)47/h5,7-8,10-11,17,19-20,22,27,32,36-37,50H,6,9,12-16,18,21,23-26,48H2,1-4H3/t27-,32?,36-,37-/m0/s1. The van der Waals surface area contributed by atoms with Crippen LogP contribution in [0.3, 0.4) is 0 Å². The van der Waals surface area contributed by atoms with Gasteiger partial charge < -0.3 is 29.4 Å². The number of benzene rings is 2. The molecule has 0 radical (unpaired) electrons. The molecule has 8 rings (SSSR count). The molecular formula is C44H54F3N7O5. The summed E-state index contributed by atoms with van der Waals surface area (Å²) in [5, 5.41) is 2.08. The van der Waals surface area contributed by atoms with Crippen molar-refractivity contribution in [1.82, 2.24) is 24.9 Å². The number of halogens is 3. The zero-order valence-electron chi connectivity index (χ0n) is 34.2. The van der Waals surface area contributed by atoms with Gasteiger partial charge in [0, 0.05) is 61.7 Å². The predicted molar refractivity (Wildman–Crippen MR) is 218 cm³/mol. The van der Waals surface area contributed by atoms with Gasteiger partial charge in [0.25, 0.3) is 5.91 Å². The lowest BCUT2D eigenvalue weighted by molar-refractivity contribution is -0.155. The fourth-order valence-corrected chi connectivity index (χ4v) is 9.11. The second kappa shape index (κ2) is 16.5. The molecule has 316 valence electrons. The lowest BCUT2D eigenvalue weighted by Crippen LogP contribution is -2.59. The molecule has 3 fully saturated rings. The maximum Gasteiger partial charge on any atom is 0.406 e. The van der Waals surface area contributed by atoms with Gasteiger partial charge in [-0.2, -0.15) is 13.2 Å². The molecule has 4 aliphatic rings. The van der Waals surface area contributed by atoms with Crippen LogP contribution in [-0.4, -0.2) is 115 Å². The number of carbonyl (C=O) groups excluding carboxylic acids is 2. The second-order valence-electron chi connectivity index (χ2n) is 17.2. The van der Waals surface area contributed by atoms with Gasteiger partial charge in [-0.25, -0.2) is 5.43 Å². The van der Waals surface area contributed by atoms with Crippen molar-refractivity contribution < 1.29 is 37.0 Å². The van der Waals surface area contributed by atoms with Gasteiger partial charge in [-0.15, -0.1) is 0 Å². The zero-order chi connectivity index (χ0) is 41.6. The van der Waals surface area contributed by atoms with Crippen molar-refractivity contribution in [2.45, 2.75) is 83.4 Å². The molecule has 2 aromatic carbocycles. The fourth-order valence-electron chi connectivity index (χ4n) is 9.11. The fraction of sp³-hybridized carbons (Fsp3) is 0.523. The van der Waals surface area contributed by atoms with E-state index < -0.39 is 42.3 Å². The van der Waals surface area contributed by atoms with Gasteiger partial charge in [-0.3, -0.25) is 24.5 Å². The number of ether oxygens (including phenoxy) is 3. The summed E-state index contributed by atoms with van der Waals surface area (Å²) in [6, 6.07) is 13.8. The number of aromatic nitrogens is 2. The van der Waals surface area contributed by atoms with Crippen molar-refractivity contribution in [1.29, 1.82) is 0 Å². The van der Waals surface area contributed by atoms with Gasteiger partial charge in [-0.1, -0.05) is 44.2 Å². The summed E-state index contributed by atoms with van der Waals surface area (Å²) in [6.07, 6.45) is -1.72. The SMILES string of the molecule is CO[C@@H](C)c1ncc(N2CCN3CCOCC3C2)cc1-c1c2c3cc(ccc3n1CC(F)(F)F)-c1cccc(c1)C[C@H](N)C(=O)N1CCC[C@H](N1)C(=O)OCC(C)(C)C2. The van der Waals surface area contributed by atoms with Gasteiger partial charge in [0.15, 0.2) is 0 Å². The minimum Gasteiger partial charge on any atom is -0.464 e. The Hall–Kier alpha value is -4.54. The zero-order valence-corrected chi connectivity index (χ0v) is 34.2. The van der Waals surface area contributed by atoms with E-state index in [2.05, 4.69) is 15.2 Å². The Balaban J connectivity index is 1.32. The molecule has 12 nitrogen and oxygen atoms in total. The molecule has 0 aliphatic carbocycles. The number of nitrogens with two attached hydrogens (primary N) is 1. The van der Waals surface area contributed by atoms with Crippen LogP contribution >= 0.6 is 0 Å². The average molecular weight is 818 g/mol. The smallest absolute Gasteiger partial charge is 0.406 e. The first-order valence-electron chi connectivity index (χ1n) is 20.6. The maximum absolute atomic E-state index is 14.9. The third-order valence-corrected chi connectivity index (χ3v) is 12.2. The molecule has 0 saturated carbocycles. The van der Waals surface area contributed by atoms with E-state index >= 15 is 0 Å². The largest absolute Gasteiger partial charge is 0.464 e. The monoisotopic (exact) mass is 817 g/mol. The highest BCUT2D eigenvalue weighted by Gasteiger charge is 2.37. The number of cyclic esters (lactones) is 1. The summed E-state index contributed by atoms with van der Waals surface area (Å²) < 4.78 is 63.7. The normalized spacial score (nSPS) is 23.8. The Bertz CT molecular complexity index is 2210. The number of hydrazine groups is 1. The number of morpholine rings is 1. The number of methoxy groups -OCH3 is 1. The Morgan fingerprint density at radius 2 is 1.88 bits per heavy atom. The molecule has 6 heterocycles. The number of nitrogens with one attached hydrogen (secondary N) is 1. The molecule has 1 unspecified atom stereocenters.